The summed E-state index contributed by atoms with van der Waals surface area (Å²) >= 11 is 3.23. The van der Waals surface area contributed by atoms with Gasteiger partial charge in [0, 0.05) is 17.4 Å². The van der Waals surface area contributed by atoms with Crippen LogP contribution >= 0.6 is 15.9 Å². The molecule has 3 N–H and O–H groups in total. The van der Waals surface area contributed by atoms with Crippen molar-refractivity contribution in [2.45, 2.75) is 11.3 Å². The normalized spacial score (nSPS) is 11.6. The molecule has 0 aliphatic rings. The van der Waals surface area contributed by atoms with E-state index in [1.807, 2.05) is 0 Å². The van der Waals surface area contributed by atoms with Gasteiger partial charge in [0.25, 0.3) is 0 Å². The number of nitrogens with two attached hydrogens (primary N) is 1. The molecule has 0 aliphatic carbocycles. The summed E-state index contributed by atoms with van der Waals surface area (Å²) in [4.78, 5) is 0.0707. The molecule has 0 fully saturated rings. The summed E-state index contributed by atoms with van der Waals surface area (Å²) < 4.78 is 32.5. The average molecular weight is 345 g/mol. The summed E-state index contributed by atoms with van der Waals surface area (Å²) in [6.45, 7) is 0.252. The maximum atomic E-state index is 12.1. The quantitative estimate of drug-likeness (QED) is 0.813. The molecule has 0 aliphatic heterocycles. The fourth-order valence-corrected chi connectivity index (χ4v) is 3.28. The van der Waals surface area contributed by atoms with Crippen LogP contribution < -0.4 is 10.5 Å². The molecule has 102 valence electrons. The summed E-state index contributed by atoms with van der Waals surface area (Å²) in [5.41, 5.74) is 5.90. The second-order valence-electron chi connectivity index (χ2n) is 3.91. The van der Waals surface area contributed by atoms with Gasteiger partial charge in [-0.1, -0.05) is 15.9 Å². The van der Waals surface area contributed by atoms with Crippen LogP contribution in [0.3, 0.4) is 0 Å². The lowest BCUT2D eigenvalue weighted by molar-refractivity contribution is 0.506. The Morgan fingerprint density at radius 2 is 2.11 bits per heavy atom. The largest absolute Gasteiger partial charge is 0.469 e. The van der Waals surface area contributed by atoms with Gasteiger partial charge in [-0.2, -0.15) is 0 Å². The summed E-state index contributed by atoms with van der Waals surface area (Å²) in [6, 6.07) is 8.27. The van der Waals surface area contributed by atoms with Gasteiger partial charge in [0.05, 0.1) is 12.0 Å². The Hall–Kier alpha value is -1.31. The molecule has 5 nitrogen and oxygen atoms in total. The average Bonchev–Trinajstić information content (AvgIpc) is 2.85. The molecule has 0 unspecified atom stereocenters. The Morgan fingerprint density at radius 1 is 1.32 bits per heavy atom. The van der Waals surface area contributed by atoms with E-state index in [2.05, 4.69) is 20.7 Å². The Bertz CT molecular complexity index is 654. The lowest BCUT2D eigenvalue weighted by Crippen LogP contribution is -2.26. The van der Waals surface area contributed by atoms with Crippen molar-refractivity contribution in [3.8, 4) is 0 Å². The van der Waals surface area contributed by atoms with Crippen LogP contribution in [-0.4, -0.2) is 15.0 Å². The molecule has 2 rings (SSSR count). The van der Waals surface area contributed by atoms with Gasteiger partial charge in [-0.25, -0.2) is 13.1 Å². The number of benzene rings is 1. The van der Waals surface area contributed by atoms with Crippen molar-refractivity contribution in [3.63, 3.8) is 0 Å². The van der Waals surface area contributed by atoms with Gasteiger partial charge in [0.1, 0.15) is 10.7 Å². The molecule has 2 aromatic rings. The second-order valence-corrected chi connectivity index (χ2v) is 6.56. The van der Waals surface area contributed by atoms with E-state index in [0.717, 1.165) is 5.76 Å². The van der Waals surface area contributed by atoms with Gasteiger partial charge in [-0.3, -0.25) is 0 Å². The van der Waals surface area contributed by atoms with Gasteiger partial charge in [0.2, 0.25) is 10.0 Å². The smallest absolute Gasteiger partial charge is 0.242 e. The zero-order valence-electron chi connectivity index (χ0n) is 9.97. The molecule has 0 bridgehead atoms. The van der Waals surface area contributed by atoms with Gasteiger partial charge in [-0.15, -0.1) is 0 Å². The molecule has 0 atom stereocenters. The molecule has 0 saturated heterocycles. The fourth-order valence-electron chi connectivity index (χ4n) is 1.58. The standard InChI is InChI=1S/C12H13BrN2O3S/c13-9-3-4-11(14)12(8-9)19(16,17)15-6-5-10-2-1-7-18-10/h1-4,7-8,15H,5-6,14H2. The van der Waals surface area contributed by atoms with Crippen molar-refractivity contribution in [1.82, 2.24) is 4.72 Å². The van der Waals surface area contributed by atoms with Gasteiger partial charge >= 0.3 is 0 Å². The van der Waals surface area contributed by atoms with Crippen molar-refractivity contribution >= 4 is 31.6 Å². The second kappa shape index (κ2) is 5.77. The van der Waals surface area contributed by atoms with E-state index >= 15 is 0 Å². The molecule has 0 amide bonds. The molecule has 0 saturated carbocycles. The number of anilines is 1. The molecular formula is C12H13BrN2O3S. The molecule has 1 heterocycles. The first-order valence-corrected chi connectivity index (χ1v) is 7.84. The molecule has 7 heteroatoms. The maximum absolute atomic E-state index is 12.1. The van der Waals surface area contributed by atoms with E-state index in [4.69, 9.17) is 10.2 Å². The van der Waals surface area contributed by atoms with E-state index in [-0.39, 0.29) is 17.1 Å². The number of sulfonamides is 1. The first-order chi connectivity index (χ1) is 8.99. The van der Waals surface area contributed by atoms with Gasteiger partial charge < -0.3 is 10.2 Å². The third-order valence-electron chi connectivity index (χ3n) is 2.51. The summed E-state index contributed by atoms with van der Waals surface area (Å²) in [5, 5.41) is 0. The number of nitrogens with one attached hydrogen (secondary N) is 1. The van der Waals surface area contributed by atoms with E-state index in [1.54, 1.807) is 30.5 Å². The van der Waals surface area contributed by atoms with E-state index in [9.17, 15) is 8.42 Å². The fraction of sp³-hybridized carbons (Fsp3) is 0.167. The number of rotatable bonds is 5. The molecule has 0 radical (unpaired) electrons. The molecule has 0 spiro atoms. The van der Waals surface area contributed by atoms with Crippen LogP contribution in [0.25, 0.3) is 0 Å². The van der Waals surface area contributed by atoms with Crippen LogP contribution in [0.5, 0.6) is 0 Å². The zero-order chi connectivity index (χ0) is 13.9. The minimum Gasteiger partial charge on any atom is -0.469 e. The van der Waals surface area contributed by atoms with Gasteiger partial charge in [0.15, 0.2) is 0 Å². The highest BCUT2D eigenvalue weighted by atomic mass is 79.9. The Kier molecular flexibility index (Phi) is 4.28. The number of nitrogen functional groups attached to an aromatic ring is 1. The summed E-state index contributed by atoms with van der Waals surface area (Å²) in [5.74, 6) is 0.727. The number of hydrogen-bond acceptors (Lipinski definition) is 4. The molecule has 19 heavy (non-hydrogen) atoms. The first kappa shape index (κ1) is 14.1. The highest BCUT2D eigenvalue weighted by Crippen LogP contribution is 2.22. The first-order valence-electron chi connectivity index (χ1n) is 5.56. The third-order valence-corrected chi connectivity index (χ3v) is 4.52. The van der Waals surface area contributed by atoms with Crippen molar-refractivity contribution in [2.75, 3.05) is 12.3 Å². The van der Waals surface area contributed by atoms with Crippen LogP contribution in [0.4, 0.5) is 5.69 Å². The summed E-state index contributed by atoms with van der Waals surface area (Å²) in [7, 11) is -3.61. The Labute approximate surface area is 120 Å². The molecule has 1 aromatic carbocycles. The van der Waals surface area contributed by atoms with Crippen LogP contribution in [0.2, 0.25) is 0 Å². The van der Waals surface area contributed by atoms with Crippen LogP contribution in [0.15, 0.2) is 50.4 Å². The van der Waals surface area contributed by atoms with Crippen molar-refractivity contribution in [2.24, 2.45) is 0 Å². The predicted molar refractivity (Wildman–Crippen MR) is 76.2 cm³/mol. The maximum Gasteiger partial charge on any atom is 0.242 e. The van der Waals surface area contributed by atoms with Crippen LogP contribution in [-0.2, 0) is 16.4 Å². The summed E-state index contributed by atoms with van der Waals surface area (Å²) in [6.07, 6.45) is 2.04. The minimum atomic E-state index is -3.61. The van der Waals surface area contributed by atoms with Crippen molar-refractivity contribution in [1.29, 1.82) is 0 Å². The Morgan fingerprint density at radius 3 is 2.79 bits per heavy atom. The number of furan rings is 1. The zero-order valence-corrected chi connectivity index (χ0v) is 12.4. The number of halogens is 1. The van der Waals surface area contributed by atoms with Crippen molar-refractivity contribution < 1.29 is 12.8 Å². The Balaban J connectivity index is 2.07. The van der Waals surface area contributed by atoms with Gasteiger partial charge in [-0.05, 0) is 30.3 Å². The minimum absolute atomic E-state index is 0.0707. The number of hydrogen-bond donors (Lipinski definition) is 2. The monoisotopic (exact) mass is 344 g/mol. The van der Waals surface area contributed by atoms with Crippen LogP contribution in [0, 0.1) is 0 Å². The lowest BCUT2D eigenvalue weighted by Gasteiger charge is -2.09. The van der Waals surface area contributed by atoms with Crippen LogP contribution in [0.1, 0.15) is 5.76 Å². The topological polar surface area (TPSA) is 85.3 Å². The molecular weight excluding hydrogens is 332 g/mol. The molecule has 1 aromatic heterocycles. The van der Waals surface area contributed by atoms with E-state index in [1.165, 1.54) is 6.07 Å². The van der Waals surface area contributed by atoms with Crippen molar-refractivity contribution in [3.05, 3.63) is 46.8 Å². The van der Waals surface area contributed by atoms with E-state index in [0.29, 0.717) is 10.9 Å². The lowest BCUT2D eigenvalue weighted by atomic mass is 10.3. The van der Waals surface area contributed by atoms with E-state index < -0.39 is 10.0 Å². The highest BCUT2D eigenvalue weighted by molar-refractivity contribution is 9.10. The SMILES string of the molecule is Nc1ccc(Br)cc1S(=O)(=O)NCCc1ccco1. The highest BCUT2D eigenvalue weighted by Gasteiger charge is 2.17. The predicted octanol–water partition coefficient (Wildman–Crippen LogP) is 2.15. The third kappa shape index (κ3) is 3.59.